The van der Waals surface area contributed by atoms with Crippen molar-refractivity contribution in [3.63, 3.8) is 0 Å². The molecule has 0 bridgehead atoms. The number of carbonyl (C=O) groups excluding carboxylic acids is 1. The number of hydrogen-bond acceptors (Lipinski definition) is 5. The fraction of sp³-hybridized carbons (Fsp3) is 0.412. The molecule has 8 nitrogen and oxygen atoms in total. The van der Waals surface area contributed by atoms with Gasteiger partial charge in [-0.25, -0.2) is 9.97 Å². The van der Waals surface area contributed by atoms with Gasteiger partial charge in [-0.3, -0.25) is 9.89 Å². The van der Waals surface area contributed by atoms with Crippen molar-refractivity contribution in [1.82, 2.24) is 25.1 Å². The number of amides is 1. The number of aromatic amines is 2. The van der Waals surface area contributed by atoms with Gasteiger partial charge in [0.15, 0.2) is 11.6 Å². The summed E-state index contributed by atoms with van der Waals surface area (Å²) in [6.45, 7) is 0.891. The van der Waals surface area contributed by atoms with E-state index < -0.39 is 0 Å². The Morgan fingerprint density at radius 2 is 2.08 bits per heavy atom. The molecule has 0 aromatic carbocycles. The number of carbonyl (C=O) groups is 1. The minimum atomic E-state index is 0.0648. The summed E-state index contributed by atoms with van der Waals surface area (Å²) in [4.78, 5) is 24.0. The topological polar surface area (TPSA) is 111 Å². The Kier molecular flexibility index (Phi) is 4.32. The van der Waals surface area contributed by atoms with Crippen LogP contribution in [0.5, 0.6) is 0 Å². The highest BCUT2D eigenvalue weighted by molar-refractivity contribution is 6.00. The zero-order chi connectivity index (χ0) is 17.1. The highest BCUT2D eigenvalue weighted by atomic mass is 16.1. The fourth-order valence-corrected chi connectivity index (χ4v) is 3.43. The van der Waals surface area contributed by atoms with Gasteiger partial charge in [0.25, 0.3) is 0 Å². The van der Waals surface area contributed by atoms with Crippen LogP contribution in [-0.4, -0.2) is 37.6 Å². The lowest BCUT2D eigenvalue weighted by Gasteiger charge is -2.27. The van der Waals surface area contributed by atoms with Gasteiger partial charge in [0, 0.05) is 31.1 Å². The second-order valence-electron chi connectivity index (χ2n) is 6.52. The lowest BCUT2D eigenvalue weighted by Crippen LogP contribution is -2.29. The molecule has 8 heteroatoms. The third-order valence-corrected chi connectivity index (χ3v) is 4.89. The molecule has 1 aliphatic carbocycles. The first kappa shape index (κ1) is 15.6. The van der Waals surface area contributed by atoms with Crippen molar-refractivity contribution in [3.05, 3.63) is 30.9 Å². The summed E-state index contributed by atoms with van der Waals surface area (Å²) >= 11 is 0. The molecule has 3 heterocycles. The van der Waals surface area contributed by atoms with Crippen LogP contribution < -0.4 is 10.6 Å². The predicted molar refractivity (Wildman–Crippen MR) is 95.0 cm³/mol. The standard InChI is InChI=1S/C17H21N7O/c25-16(23-14-5-6-18-15-13(14)10-22-24-15)12-3-1-11(2-4-12)9-21-17-19-7-8-20-17/h5-8,10-12H,1-4,9H2,(H2,19,20,21)(H2,18,22,23,24,25). The molecule has 4 N–H and O–H groups in total. The Morgan fingerprint density at radius 1 is 1.20 bits per heavy atom. The van der Waals surface area contributed by atoms with Gasteiger partial charge in [0.05, 0.1) is 17.3 Å². The maximum atomic E-state index is 12.6. The van der Waals surface area contributed by atoms with E-state index in [1.54, 1.807) is 24.8 Å². The summed E-state index contributed by atoms with van der Waals surface area (Å²) in [5.74, 6) is 1.54. The summed E-state index contributed by atoms with van der Waals surface area (Å²) in [5.41, 5.74) is 1.45. The molecule has 1 fully saturated rings. The first-order valence-electron chi connectivity index (χ1n) is 8.62. The lowest BCUT2D eigenvalue weighted by molar-refractivity contribution is -0.121. The number of H-pyrrole nitrogens is 2. The molecule has 4 rings (SSSR count). The van der Waals surface area contributed by atoms with Gasteiger partial charge in [0.2, 0.25) is 5.91 Å². The molecule has 25 heavy (non-hydrogen) atoms. The Bertz CT molecular complexity index is 834. The zero-order valence-corrected chi connectivity index (χ0v) is 13.8. The van der Waals surface area contributed by atoms with Crippen molar-refractivity contribution in [3.8, 4) is 0 Å². The molecule has 1 saturated carbocycles. The molecule has 0 spiro atoms. The van der Waals surface area contributed by atoms with E-state index in [4.69, 9.17) is 0 Å². The number of aromatic nitrogens is 5. The summed E-state index contributed by atoms with van der Waals surface area (Å²) in [5, 5.41) is 14.0. The van der Waals surface area contributed by atoms with E-state index in [-0.39, 0.29) is 11.8 Å². The Hall–Kier alpha value is -2.90. The fourth-order valence-electron chi connectivity index (χ4n) is 3.43. The van der Waals surface area contributed by atoms with E-state index in [0.717, 1.165) is 49.2 Å². The van der Waals surface area contributed by atoms with Gasteiger partial charge in [-0.2, -0.15) is 5.10 Å². The van der Waals surface area contributed by atoms with Crippen LogP contribution in [0.4, 0.5) is 11.6 Å². The average Bonchev–Trinajstić information content (AvgIpc) is 3.32. The van der Waals surface area contributed by atoms with E-state index >= 15 is 0 Å². The molecule has 0 unspecified atom stereocenters. The SMILES string of the molecule is O=C(Nc1ccnc2[nH]ncc12)C1CCC(CNc2ncc[nH]2)CC1. The summed E-state index contributed by atoms with van der Waals surface area (Å²) in [6, 6.07) is 1.81. The van der Waals surface area contributed by atoms with Gasteiger partial charge < -0.3 is 15.6 Å². The monoisotopic (exact) mass is 339 g/mol. The van der Waals surface area contributed by atoms with E-state index in [1.807, 2.05) is 6.07 Å². The lowest BCUT2D eigenvalue weighted by atomic mass is 9.81. The Morgan fingerprint density at radius 3 is 2.88 bits per heavy atom. The maximum Gasteiger partial charge on any atom is 0.227 e. The first-order valence-corrected chi connectivity index (χ1v) is 8.62. The number of anilines is 2. The Balaban J connectivity index is 1.30. The number of pyridine rings is 1. The molecule has 0 saturated heterocycles. The minimum absolute atomic E-state index is 0.0648. The number of fused-ring (bicyclic) bond motifs is 1. The van der Waals surface area contributed by atoms with Crippen molar-refractivity contribution in [1.29, 1.82) is 0 Å². The number of imidazole rings is 1. The minimum Gasteiger partial charge on any atom is -0.356 e. The van der Waals surface area contributed by atoms with Crippen LogP contribution in [0.2, 0.25) is 0 Å². The van der Waals surface area contributed by atoms with Gasteiger partial charge in [0.1, 0.15) is 0 Å². The number of rotatable bonds is 5. The number of hydrogen-bond donors (Lipinski definition) is 4. The quantitative estimate of drug-likeness (QED) is 0.571. The van der Waals surface area contributed by atoms with Crippen LogP contribution in [0.1, 0.15) is 25.7 Å². The van der Waals surface area contributed by atoms with Crippen LogP contribution in [0, 0.1) is 11.8 Å². The van der Waals surface area contributed by atoms with Crippen LogP contribution in [-0.2, 0) is 4.79 Å². The van der Waals surface area contributed by atoms with Crippen molar-refractivity contribution < 1.29 is 4.79 Å². The molecule has 1 aliphatic rings. The van der Waals surface area contributed by atoms with E-state index in [9.17, 15) is 4.79 Å². The normalized spacial score (nSPS) is 20.5. The third kappa shape index (κ3) is 3.47. The van der Waals surface area contributed by atoms with Crippen molar-refractivity contribution >= 4 is 28.6 Å². The van der Waals surface area contributed by atoms with Gasteiger partial charge in [-0.05, 0) is 37.7 Å². The highest BCUT2D eigenvalue weighted by Gasteiger charge is 2.26. The summed E-state index contributed by atoms with van der Waals surface area (Å²) in [6.07, 6.45) is 10.8. The van der Waals surface area contributed by atoms with Crippen molar-refractivity contribution in [2.45, 2.75) is 25.7 Å². The van der Waals surface area contributed by atoms with Crippen molar-refractivity contribution in [2.75, 3.05) is 17.2 Å². The molecule has 130 valence electrons. The molecular weight excluding hydrogens is 318 g/mol. The van der Waals surface area contributed by atoms with Crippen LogP contribution in [0.15, 0.2) is 30.9 Å². The van der Waals surface area contributed by atoms with Crippen molar-refractivity contribution in [2.24, 2.45) is 11.8 Å². The molecule has 0 atom stereocenters. The predicted octanol–water partition coefficient (Wildman–Crippen LogP) is 2.54. The summed E-state index contributed by atoms with van der Waals surface area (Å²) < 4.78 is 0. The van der Waals surface area contributed by atoms with Crippen LogP contribution >= 0.6 is 0 Å². The summed E-state index contributed by atoms with van der Waals surface area (Å²) in [7, 11) is 0. The molecule has 0 radical (unpaired) electrons. The van der Waals surface area contributed by atoms with Crippen LogP contribution in [0.3, 0.4) is 0 Å². The second kappa shape index (κ2) is 6.92. The highest BCUT2D eigenvalue weighted by Crippen LogP contribution is 2.30. The maximum absolute atomic E-state index is 12.6. The first-order chi connectivity index (χ1) is 12.3. The third-order valence-electron chi connectivity index (χ3n) is 4.89. The zero-order valence-electron chi connectivity index (χ0n) is 13.8. The molecule has 0 aliphatic heterocycles. The Labute approximate surface area is 144 Å². The average molecular weight is 339 g/mol. The molecule has 3 aromatic heterocycles. The molecule has 1 amide bonds. The van der Waals surface area contributed by atoms with E-state index in [1.165, 1.54) is 0 Å². The van der Waals surface area contributed by atoms with Crippen LogP contribution in [0.25, 0.3) is 11.0 Å². The molecular formula is C17H21N7O. The van der Waals surface area contributed by atoms with Gasteiger partial charge >= 0.3 is 0 Å². The largest absolute Gasteiger partial charge is 0.356 e. The van der Waals surface area contributed by atoms with E-state index in [0.29, 0.717) is 11.6 Å². The molecule has 3 aromatic rings. The number of nitrogens with zero attached hydrogens (tertiary/aromatic N) is 3. The van der Waals surface area contributed by atoms with Gasteiger partial charge in [-0.1, -0.05) is 0 Å². The smallest absolute Gasteiger partial charge is 0.227 e. The number of nitrogens with one attached hydrogen (secondary N) is 4. The van der Waals surface area contributed by atoms with E-state index in [2.05, 4.69) is 35.8 Å². The second-order valence-corrected chi connectivity index (χ2v) is 6.52. The van der Waals surface area contributed by atoms with Gasteiger partial charge in [-0.15, -0.1) is 0 Å².